The Labute approximate surface area is 278 Å². The van der Waals surface area contributed by atoms with Crippen molar-refractivity contribution in [1.82, 2.24) is 10.6 Å². The number of ether oxygens (including phenoxy) is 3. The zero-order chi connectivity index (χ0) is 35.2. The van der Waals surface area contributed by atoms with E-state index in [0.29, 0.717) is 19.4 Å². The molecule has 12 heteroatoms. The van der Waals surface area contributed by atoms with Crippen LogP contribution in [-0.4, -0.2) is 59.7 Å². The number of fused-ring (bicyclic) bond motifs is 1. The van der Waals surface area contributed by atoms with Gasteiger partial charge in [-0.2, -0.15) is 8.78 Å². The molecule has 3 N–H and O–H groups in total. The molecule has 1 fully saturated rings. The van der Waals surface area contributed by atoms with Gasteiger partial charge in [0.05, 0.1) is 18.5 Å². The van der Waals surface area contributed by atoms with Crippen LogP contribution in [-0.2, 0) is 25.5 Å². The van der Waals surface area contributed by atoms with Gasteiger partial charge >= 0.3 is 5.97 Å². The summed E-state index contributed by atoms with van der Waals surface area (Å²) in [4.78, 5) is 26.8. The van der Waals surface area contributed by atoms with E-state index in [4.69, 9.17) is 14.2 Å². The number of carbonyl (C=O) groups excluding carboxylic acids is 2. The molecule has 262 valence electrons. The smallest absolute Gasteiger partial charge is 0.308 e. The molecule has 48 heavy (non-hydrogen) atoms. The Hall–Kier alpha value is -3.74. The second-order valence-electron chi connectivity index (χ2n) is 13.6. The van der Waals surface area contributed by atoms with Crippen molar-refractivity contribution in [3.05, 3.63) is 77.4 Å². The Kier molecular flexibility index (Phi) is 12.1. The first-order valence-electron chi connectivity index (χ1n) is 16.1. The molecule has 4 rings (SSSR count). The van der Waals surface area contributed by atoms with E-state index in [-0.39, 0.29) is 12.0 Å². The molecule has 4 atom stereocenters. The van der Waals surface area contributed by atoms with Gasteiger partial charge in [0.2, 0.25) is 17.5 Å². The Morgan fingerprint density at radius 1 is 1.00 bits per heavy atom. The first-order valence-corrected chi connectivity index (χ1v) is 16.1. The lowest BCUT2D eigenvalue weighted by atomic mass is 9.89. The number of amides is 1. The second kappa shape index (κ2) is 15.7. The first kappa shape index (κ1) is 37.1. The number of rotatable bonds is 13. The van der Waals surface area contributed by atoms with Crippen molar-refractivity contribution in [1.29, 1.82) is 0 Å². The summed E-state index contributed by atoms with van der Waals surface area (Å²) in [7, 11) is 0. The van der Waals surface area contributed by atoms with Crippen LogP contribution in [0.5, 0.6) is 5.75 Å². The van der Waals surface area contributed by atoms with Gasteiger partial charge in [0.1, 0.15) is 24.0 Å². The van der Waals surface area contributed by atoms with Crippen molar-refractivity contribution in [2.24, 2.45) is 5.92 Å². The minimum Gasteiger partial charge on any atom is -0.485 e. The van der Waals surface area contributed by atoms with Gasteiger partial charge in [-0.3, -0.25) is 14.9 Å². The minimum atomic E-state index is -1.79. The fourth-order valence-electron chi connectivity index (χ4n) is 5.81. The Morgan fingerprint density at radius 3 is 2.29 bits per heavy atom. The van der Waals surface area contributed by atoms with Gasteiger partial charge in [0, 0.05) is 19.1 Å². The van der Waals surface area contributed by atoms with Crippen molar-refractivity contribution in [3.8, 4) is 5.75 Å². The first-order chi connectivity index (χ1) is 22.6. The maximum Gasteiger partial charge on any atom is 0.308 e. The fourth-order valence-corrected chi connectivity index (χ4v) is 5.81. The van der Waals surface area contributed by atoms with E-state index >= 15 is 0 Å². The zero-order valence-corrected chi connectivity index (χ0v) is 27.9. The highest BCUT2D eigenvalue weighted by atomic mass is 19.2. The van der Waals surface area contributed by atoms with Crippen LogP contribution < -0.4 is 15.4 Å². The van der Waals surface area contributed by atoms with Crippen molar-refractivity contribution in [2.75, 3.05) is 13.2 Å². The predicted octanol–water partition coefficient (Wildman–Crippen LogP) is 6.11. The molecular formula is C36H44F4N2O6. The van der Waals surface area contributed by atoms with Gasteiger partial charge < -0.3 is 24.6 Å². The number of nitrogens with one attached hydrogen (secondary N) is 2. The summed E-state index contributed by atoms with van der Waals surface area (Å²) in [6, 6.07) is 11.8. The van der Waals surface area contributed by atoms with Crippen LogP contribution in [0, 0.1) is 29.2 Å². The third-order valence-corrected chi connectivity index (χ3v) is 8.15. The summed E-state index contributed by atoms with van der Waals surface area (Å²) in [5, 5.41) is 19.3. The minimum absolute atomic E-state index is 0.0294. The third kappa shape index (κ3) is 9.45. The number of aliphatic hydroxyl groups excluding tert-OH is 1. The highest BCUT2D eigenvalue weighted by Crippen LogP contribution is 2.31. The average Bonchev–Trinajstić information content (AvgIpc) is 3.02. The van der Waals surface area contributed by atoms with E-state index in [0.717, 1.165) is 29.2 Å². The molecule has 0 bridgehead atoms. The fraction of sp³-hybridized carbons (Fsp3) is 0.500. The molecule has 3 aromatic rings. The summed E-state index contributed by atoms with van der Waals surface area (Å²) in [6.45, 7) is 8.14. The van der Waals surface area contributed by atoms with Crippen LogP contribution in [0.4, 0.5) is 17.6 Å². The normalized spacial score (nSPS) is 18.7. The number of halogens is 4. The summed E-state index contributed by atoms with van der Waals surface area (Å²) < 4.78 is 72.7. The second-order valence-corrected chi connectivity index (χ2v) is 13.6. The number of hydrogen-bond donors (Lipinski definition) is 3. The summed E-state index contributed by atoms with van der Waals surface area (Å²) in [5.41, 5.74) is -0.769. The molecule has 1 aliphatic rings. The molecule has 1 saturated heterocycles. The number of esters is 1. The van der Waals surface area contributed by atoms with Crippen LogP contribution in [0.2, 0.25) is 0 Å². The maximum atomic E-state index is 14.2. The van der Waals surface area contributed by atoms with Gasteiger partial charge in [-0.05, 0) is 62.3 Å². The monoisotopic (exact) mass is 676 g/mol. The molecule has 1 aliphatic heterocycles. The summed E-state index contributed by atoms with van der Waals surface area (Å²) in [6.07, 6.45) is 0.497. The number of benzene rings is 3. The Morgan fingerprint density at radius 2 is 1.67 bits per heavy atom. The number of carbonyl (C=O) groups is 2. The van der Waals surface area contributed by atoms with Gasteiger partial charge in [0.25, 0.3) is 0 Å². The van der Waals surface area contributed by atoms with Gasteiger partial charge in [-0.25, -0.2) is 8.78 Å². The third-order valence-electron chi connectivity index (χ3n) is 8.15. The van der Waals surface area contributed by atoms with Crippen LogP contribution in [0.1, 0.15) is 65.9 Å². The highest BCUT2D eigenvalue weighted by molar-refractivity contribution is 5.86. The topological polar surface area (TPSA) is 106 Å². The van der Waals surface area contributed by atoms with Gasteiger partial charge in [0.15, 0.2) is 17.4 Å². The molecule has 8 nitrogen and oxygen atoms in total. The van der Waals surface area contributed by atoms with Crippen molar-refractivity contribution < 1.29 is 46.5 Å². The van der Waals surface area contributed by atoms with Crippen LogP contribution >= 0.6 is 0 Å². The molecular weight excluding hydrogens is 632 g/mol. The van der Waals surface area contributed by atoms with Crippen molar-refractivity contribution >= 4 is 22.6 Å². The SMILES string of the molecule is CC(C)[C@H](NC1(Cc2cccc3ccccc23)CCCCO1)C(=O)N[C@@H](CC(=O)OC(C)(C)C)C(O)COc1c(F)c(F)cc(F)c1F. The number of hydrogen-bond acceptors (Lipinski definition) is 7. The summed E-state index contributed by atoms with van der Waals surface area (Å²) >= 11 is 0. The van der Waals surface area contributed by atoms with E-state index in [1.54, 1.807) is 20.8 Å². The van der Waals surface area contributed by atoms with Gasteiger partial charge in [-0.15, -0.1) is 0 Å². The van der Waals surface area contributed by atoms with E-state index in [2.05, 4.69) is 10.6 Å². The molecule has 0 aliphatic carbocycles. The van der Waals surface area contributed by atoms with E-state index in [1.807, 2.05) is 56.3 Å². The van der Waals surface area contributed by atoms with E-state index in [9.17, 15) is 32.3 Å². The van der Waals surface area contributed by atoms with E-state index in [1.165, 1.54) is 0 Å². The predicted molar refractivity (Wildman–Crippen MR) is 172 cm³/mol. The maximum absolute atomic E-state index is 14.2. The molecule has 0 radical (unpaired) electrons. The molecule has 0 spiro atoms. The summed E-state index contributed by atoms with van der Waals surface area (Å²) in [5.74, 6) is -10.00. The molecule has 0 saturated carbocycles. The molecule has 2 unspecified atom stereocenters. The Bertz CT molecular complexity index is 1560. The van der Waals surface area contributed by atoms with Crippen LogP contribution in [0.25, 0.3) is 10.8 Å². The number of aliphatic hydroxyl groups is 1. The van der Waals surface area contributed by atoms with E-state index < -0.39 is 83.4 Å². The Balaban J connectivity index is 1.58. The highest BCUT2D eigenvalue weighted by Gasteiger charge is 2.40. The van der Waals surface area contributed by atoms with Gasteiger partial charge in [-0.1, -0.05) is 56.3 Å². The quantitative estimate of drug-likeness (QED) is 0.114. The van der Waals surface area contributed by atoms with Crippen LogP contribution in [0.3, 0.4) is 0 Å². The van der Waals surface area contributed by atoms with Crippen molar-refractivity contribution in [3.63, 3.8) is 0 Å². The lowest BCUT2D eigenvalue weighted by Crippen LogP contribution is -2.62. The zero-order valence-electron chi connectivity index (χ0n) is 27.9. The lowest BCUT2D eigenvalue weighted by molar-refractivity contribution is -0.156. The molecule has 0 aromatic heterocycles. The lowest BCUT2D eigenvalue weighted by Gasteiger charge is -2.42. The standard InChI is InChI=1S/C36H44F4N2O6/c1-21(2)32(42-36(15-8-9-16-47-36)19-23-13-10-12-22-11-6-7-14-24(22)23)34(45)41-27(18-29(44)48-35(3,4)5)28(43)20-46-33-30(39)25(37)17-26(38)31(33)40/h6-7,10-14,17,21,27-28,32,42-43H,8-9,15-16,18-20H2,1-5H3,(H,41,45)/t27-,28?,32-,36?/m0/s1. The molecule has 1 amide bonds. The largest absolute Gasteiger partial charge is 0.485 e. The average molecular weight is 677 g/mol. The van der Waals surface area contributed by atoms with Crippen LogP contribution in [0.15, 0.2) is 48.5 Å². The van der Waals surface area contributed by atoms with Crippen molar-refractivity contribution in [2.45, 2.75) is 96.2 Å². The molecule has 1 heterocycles. The molecule has 3 aromatic carbocycles.